The number of fused-ring (bicyclic) bond motifs is 2. The zero-order valence-electron chi connectivity index (χ0n) is 17.1. The van der Waals surface area contributed by atoms with Crippen LogP contribution in [0.25, 0.3) is 28.1 Å². The molecule has 5 rings (SSSR count). The van der Waals surface area contributed by atoms with Crippen molar-refractivity contribution in [2.45, 2.75) is 37.8 Å². The summed E-state index contributed by atoms with van der Waals surface area (Å²) in [5, 5.41) is 9.45. The van der Waals surface area contributed by atoms with Gasteiger partial charge in [0.2, 0.25) is 5.95 Å². The van der Waals surface area contributed by atoms with Crippen molar-refractivity contribution < 1.29 is 4.74 Å². The highest BCUT2D eigenvalue weighted by Crippen LogP contribution is 2.32. The highest BCUT2D eigenvalue weighted by atomic mass is 35.5. The van der Waals surface area contributed by atoms with E-state index in [1.54, 1.807) is 47.8 Å². The van der Waals surface area contributed by atoms with Crippen LogP contribution in [0.3, 0.4) is 0 Å². The molecule has 0 atom stereocenters. The van der Waals surface area contributed by atoms with Crippen LogP contribution in [0.15, 0.2) is 29.3 Å². The molecular formula is C21H20ClN7O2. The van der Waals surface area contributed by atoms with Crippen molar-refractivity contribution in [1.82, 2.24) is 28.7 Å². The summed E-state index contributed by atoms with van der Waals surface area (Å²) in [5.74, 6) is 0.306. The number of rotatable bonds is 3. The number of imidazole rings is 2. The van der Waals surface area contributed by atoms with Crippen molar-refractivity contribution in [3.8, 4) is 12.0 Å². The van der Waals surface area contributed by atoms with Crippen LogP contribution in [0.5, 0.6) is 0 Å². The van der Waals surface area contributed by atoms with Gasteiger partial charge in [0.05, 0.1) is 28.8 Å². The molecule has 158 valence electrons. The van der Waals surface area contributed by atoms with Crippen molar-refractivity contribution >= 4 is 33.8 Å². The van der Waals surface area contributed by atoms with Gasteiger partial charge in [0.25, 0.3) is 0 Å². The number of aryl methyl sites for hydroxylation is 1. The van der Waals surface area contributed by atoms with Crippen molar-refractivity contribution in [2.75, 3.05) is 7.11 Å². The fourth-order valence-electron chi connectivity index (χ4n) is 4.42. The Morgan fingerprint density at radius 2 is 2.00 bits per heavy atom. The molecule has 0 saturated heterocycles. The van der Waals surface area contributed by atoms with Gasteiger partial charge in [0.1, 0.15) is 11.8 Å². The van der Waals surface area contributed by atoms with Crippen LogP contribution in [0.1, 0.15) is 37.3 Å². The maximum Gasteiger partial charge on any atom is 0.330 e. The van der Waals surface area contributed by atoms with E-state index in [1.807, 2.05) is 0 Å². The van der Waals surface area contributed by atoms with Crippen LogP contribution >= 0.6 is 11.6 Å². The van der Waals surface area contributed by atoms with Gasteiger partial charge in [0, 0.05) is 20.2 Å². The molecule has 0 amide bonds. The van der Waals surface area contributed by atoms with E-state index in [1.165, 1.54) is 4.57 Å². The van der Waals surface area contributed by atoms with Gasteiger partial charge in [-0.05, 0) is 43.9 Å². The number of nitriles is 1. The van der Waals surface area contributed by atoms with Crippen LogP contribution in [0.4, 0.5) is 0 Å². The highest BCUT2D eigenvalue weighted by Gasteiger charge is 2.28. The smallest absolute Gasteiger partial charge is 0.330 e. The molecule has 4 aromatic rings. The lowest BCUT2D eigenvalue weighted by atomic mass is 9.93. The molecular weight excluding hydrogens is 418 g/mol. The second kappa shape index (κ2) is 7.48. The Balaban J connectivity index is 1.69. The van der Waals surface area contributed by atoms with E-state index >= 15 is 0 Å². The Kier molecular flexibility index (Phi) is 4.76. The maximum absolute atomic E-state index is 13.1. The molecule has 0 unspecified atom stereocenters. The lowest BCUT2D eigenvalue weighted by molar-refractivity contribution is 0.0584. The summed E-state index contributed by atoms with van der Waals surface area (Å²) < 4.78 is 10.4. The van der Waals surface area contributed by atoms with Crippen LogP contribution < -0.4 is 5.69 Å². The van der Waals surface area contributed by atoms with E-state index in [0.717, 1.165) is 25.7 Å². The molecule has 1 aromatic carbocycles. The van der Waals surface area contributed by atoms with E-state index in [9.17, 15) is 10.1 Å². The minimum absolute atomic E-state index is 0.0196. The highest BCUT2D eigenvalue weighted by molar-refractivity contribution is 6.33. The molecule has 0 spiro atoms. The number of ether oxygens (including phenoxy) is 1. The average Bonchev–Trinajstić information content (AvgIpc) is 3.32. The quantitative estimate of drug-likeness (QED) is 0.456. The topological polar surface area (TPSA) is 104 Å². The molecule has 9 nitrogen and oxygen atoms in total. The second-order valence-corrected chi connectivity index (χ2v) is 8.15. The van der Waals surface area contributed by atoms with Gasteiger partial charge in [-0.2, -0.15) is 15.2 Å². The fraction of sp³-hybridized carbons (Fsp3) is 0.381. The predicted octanol–water partition coefficient (Wildman–Crippen LogP) is 3.12. The number of nitrogens with zero attached hydrogens (tertiary/aromatic N) is 7. The van der Waals surface area contributed by atoms with Crippen molar-refractivity contribution in [3.05, 3.63) is 45.7 Å². The third kappa shape index (κ3) is 3.10. The molecule has 1 fully saturated rings. The SMILES string of the molecule is CO[C@H]1CC[C@H](n2c(=O)n(C)c3c(Cl)nc(-n4cnc5ccc(C#N)cc54)nc32)CC1. The Hall–Kier alpha value is -3.22. The summed E-state index contributed by atoms with van der Waals surface area (Å²) in [6, 6.07) is 7.37. The lowest BCUT2D eigenvalue weighted by Gasteiger charge is -2.28. The van der Waals surface area contributed by atoms with E-state index < -0.39 is 0 Å². The van der Waals surface area contributed by atoms with E-state index in [-0.39, 0.29) is 23.0 Å². The van der Waals surface area contributed by atoms with E-state index in [4.69, 9.17) is 21.3 Å². The summed E-state index contributed by atoms with van der Waals surface area (Å²) in [4.78, 5) is 26.6. The molecule has 10 heteroatoms. The molecule has 3 aromatic heterocycles. The van der Waals surface area contributed by atoms with Gasteiger partial charge in [-0.15, -0.1) is 0 Å². The number of hydrogen-bond acceptors (Lipinski definition) is 6. The first-order valence-corrected chi connectivity index (χ1v) is 10.4. The van der Waals surface area contributed by atoms with Crippen LogP contribution in [-0.2, 0) is 11.8 Å². The summed E-state index contributed by atoms with van der Waals surface area (Å²) >= 11 is 6.53. The van der Waals surface area contributed by atoms with Crippen molar-refractivity contribution in [3.63, 3.8) is 0 Å². The number of hydrogen-bond donors (Lipinski definition) is 0. The van der Waals surface area contributed by atoms with Gasteiger partial charge < -0.3 is 4.74 Å². The Morgan fingerprint density at radius 1 is 1.23 bits per heavy atom. The normalized spacial score (nSPS) is 19.2. The third-order valence-corrected chi connectivity index (χ3v) is 6.37. The minimum Gasteiger partial charge on any atom is -0.381 e. The molecule has 1 aliphatic rings. The molecule has 1 saturated carbocycles. The second-order valence-electron chi connectivity index (χ2n) is 7.79. The van der Waals surface area contributed by atoms with Gasteiger partial charge in [-0.25, -0.2) is 9.78 Å². The number of halogens is 1. The first-order chi connectivity index (χ1) is 15.0. The number of methoxy groups -OCH3 is 1. The molecule has 3 heterocycles. The molecule has 1 aliphatic carbocycles. The predicted molar refractivity (Wildman–Crippen MR) is 115 cm³/mol. The van der Waals surface area contributed by atoms with Gasteiger partial charge in [0.15, 0.2) is 10.8 Å². The Bertz CT molecular complexity index is 1400. The number of aromatic nitrogens is 6. The van der Waals surface area contributed by atoms with Gasteiger partial charge in [-0.1, -0.05) is 11.6 Å². The average molecular weight is 438 g/mol. The van der Waals surface area contributed by atoms with Crippen molar-refractivity contribution in [1.29, 1.82) is 5.26 Å². The first kappa shape index (κ1) is 19.7. The summed E-state index contributed by atoms with van der Waals surface area (Å²) in [6.07, 6.45) is 5.25. The number of benzene rings is 1. The van der Waals surface area contributed by atoms with E-state index in [0.29, 0.717) is 33.7 Å². The fourth-order valence-corrected chi connectivity index (χ4v) is 4.71. The standard InChI is InChI=1S/C21H20ClN7O2/c1-27-17-18(22)25-20(28-11-24-15-8-3-12(10-23)9-16(15)28)26-19(17)29(21(27)30)13-4-6-14(31-2)7-5-13/h3,8-9,11,13-14H,4-7H2,1-2H3/t13-,14-. The third-order valence-electron chi connectivity index (χ3n) is 6.10. The van der Waals surface area contributed by atoms with Gasteiger partial charge >= 0.3 is 5.69 Å². The first-order valence-electron chi connectivity index (χ1n) is 10.1. The molecule has 0 N–H and O–H groups in total. The Labute approximate surface area is 182 Å². The summed E-state index contributed by atoms with van der Waals surface area (Å²) in [5.41, 5.74) is 2.76. The van der Waals surface area contributed by atoms with E-state index in [2.05, 4.69) is 16.0 Å². The monoisotopic (exact) mass is 437 g/mol. The molecule has 31 heavy (non-hydrogen) atoms. The summed E-state index contributed by atoms with van der Waals surface area (Å²) in [6.45, 7) is 0. The van der Waals surface area contributed by atoms with Crippen LogP contribution in [0.2, 0.25) is 5.15 Å². The zero-order valence-corrected chi connectivity index (χ0v) is 17.9. The van der Waals surface area contributed by atoms with Crippen LogP contribution in [-0.4, -0.2) is 41.9 Å². The Morgan fingerprint density at radius 3 is 2.71 bits per heavy atom. The minimum atomic E-state index is -0.161. The largest absolute Gasteiger partial charge is 0.381 e. The molecule has 0 aliphatic heterocycles. The lowest BCUT2D eigenvalue weighted by Crippen LogP contribution is -2.30. The van der Waals surface area contributed by atoms with Crippen LogP contribution in [0, 0.1) is 11.3 Å². The maximum atomic E-state index is 13.1. The van der Waals surface area contributed by atoms with Crippen molar-refractivity contribution in [2.24, 2.45) is 7.05 Å². The van der Waals surface area contributed by atoms with Gasteiger partial charge in [-0.3, -0.25) is 13.7 Å². The zero-order chi connectivity index (χ0) is 21.7. The molecule has 0 radical (unpaired) electrons. The summed E-state index contributed by atoms with van der Waals surface area (Å²) in [7, 11) is 3.41. The molecule has 0 bridgehead atoms.